The zero-order valence-corrected chi connectivity index (χ0v) is 20.4. The molecule has 4 rings (SSSR count). The lowest BCUT2D eigenvalue weighted by atomic mass is 10.1. The number of anilines is 1. The fraction of sp³-hybridized carbons (Fsp3) is 0.192. The number of nitrogens with one attached hydrogen (secondary N) is 2. The zero-order chi connectivity index (χ0) is 25.5. The number of nitrogens with zero attached hydrogens (tertiary/aromatic N) is 3. The summed E-state index contributed by atoms with van der Waals surface area (Å²) >= 11 is 5.56. The maximum absolute atomic E-state index is 13.4. The van der Waals surface area contributed by atoms with E-state index in [9.17, 15) is 14.4 Å². The van der Waals surface area contributed by atoms with Crippen molar-refractivity contribution in [3.05, 3.63) is 90.3 Å². The van der Waals surface area contributed by atoms with Crippen LogP contribution in [0.15, 0.2) is 79.0 Å². The van der Waals surface area contributed by atoms with Crippen molar-refractivity contribution in [1.82, 2.24) is 20.3 Å². The predicted octanol–water partition coefficient (Wildman–Crippen LogP) is 3.15. The van der Waals surface area contributed by atoms with Crippen molar-refractivity contribution in [1.29, 1.82) is 0 Å². The number of ether oxygens (including phenoxy) is 1. The Labute approximate surface area is 214 Å². The Morgan fingerprint density at radius 3 is 2.42 bits per heavy atom. The van der Waals surface area contributed by atoms with Crippen molar-refractivity contribution in [3.8, 4) is 5.75 Å². The number of aromatic nitrogens is 1. The summed E-state index contributed by atoms with van der Waals surface area (Å²) in [5, 5.41) is 4.16. The Balaban J connectivity index is 1.52. The minimum atomic E-state index is -1.02. The van der Waals surface area contributed by atoms with Crippen molar-refractivity contribution >= 4 is 40.7 Å². The van der Waals surface area contributed by atoms with Crippen LogP contribution < -0.4 is 15.5 Å². The second-order valence-corrected chi connectivity index (χ2v) is 8.31. The van der Waals surface area contributed by atoms with Gasteiger partial charge >= 0.3 is 0 Å². The number of amides is 3. The van der Waals surface area contributed by atoms with E-state index in [1.807, 2.05) is 37.3 Å². The van der Waals surface area contributed by atoms with Crippen molar-refractivity contribution < 1.29 is 19.1 Å². The van der Waals surface area contributed by atoms with Gasteiger partial charge in [0.1, 0.15) is 17.5 Å². The van der Waals surface area contributed by atoms with Gasteiger partial charge in [0, 0.05) is 11.9 Å². The molecule has 1 atom stereocenters. The summed E-state index contributed by atoms with van der Waals surface area (Å²) < 4.78 is 5.42. The standard InChI is InChI=1S/C26H25N5O4S/c1-2-35-20-13-11-19(12-14-20)28-23(32)16-22-25(34)30(17-18-8-4-3-5-9-18)26(36)31(22)29-24(33)21-10-6-7-15-27-21/h3-15,22H,2,16-17H2,1H3,(H,28,32)(H,29,33). The van der Waals surface area contributed by atoms with E-state index in [2.05, 4.69) is 15.7 Å². The minimum Gasteiger partial charge on any atom is -0.494 e. The quantitative estimate of drug-likeness (QED) is 0.433. The third-order valence-electron chi connectivity index (χ3n) is 5.43. The maximum Gasteiger partial charge on any atom is 0.288 e. The van der Waals surface area contributed by atoms with Crippen LogP contribution in [0.4, 0.5) is 5.69 Å². The number of carbonyl (C=O) groups excluding carboxylic acids is 3. The van der Waals surface area contributed by atoms with Gasteiger partial charge in [0.25, 0.3) is 11.8 Å². The third kappa shape index (κ3) is 5.84. The molecule has 2 aromatic carbocycles. The molecule has 1 fully saturated rings. The van der Waals surface area contributed by atoms with Crippen molar-refractivity contribution in [3.63, 3.8) is 0 Å². The van der Waals surface area contributed by atoms with E-state index in [0.717, 1.165) is 5.56 Å². The lowest BCUT2D eigenvalue weighted by molar-refractivity contribution is -0.131. The highest BCUT2D eigenvalue weighted by molar-refractivity contribution is 7.80. The summed E-state index contributed by atoms with van der Waals surface area (Å²) in [6.07, 6.45) is 1.27. The van der Waals surface area contributed by atoms with Gasteiger partial charge in [0.05, 0.1) is 19.6 Å². The Morgan fingerprint density at radius 1 is 1.03 bits per heavy atom. The number of hydrazine groups is 1. The van der Waals surface area contributed by atoms with Gasteiger partial charge in [0.15, 0.2) is 5.11 Å². The summed E-state index contributed by atoms with van der Waals surface area (Å²) in [5.74, 6) is -0.637. The number of hydrogen-bond acceptors (Lipinski definition) is 6. The predicted molar refractivity (Wildman–Crippen MR) is 138 cm³/mol. The molecule has 0 saturated carbocycles. The Kier molecular flexibility index (Phi) is 7.86. The first-order valence-electron chi connectivity index (χ1n) is 11.4. The van der Waals surface area contributed by atoms with E-state index in [1.165, 1.54) is 16.1 Å². The summed E-state index contributed by atoms with van der Waals surface area (Å²) in [4.78, 5) is 44.5. The number of benzene rings is 2. The second kappa shape index (κ2) is 11.4. The normalized spacial score (nSPS) is 15.1. The average Bonchev–Trinajstić information content (AvgIpc) is 3.10. The van der Waals surface area contributed by atoms with E-state index >= 15 is 0 Å². The van der Waals surface area contributed by atoms with Crippen LogP contribution in [0.2, 0.25) is 0 Å². The van der Waals surface area contributed by atoms with Gasteiger partial charge in [-0.15, -0.1) is 0 Å². The van der Waals surface area contributed by atoms with Crippen molar-refractivity contribution in [2.75, 3.05) is 11.9 Å². The molecule has 36 heavy (non-hydrogen) atoms. The molecule has 10 heteroatoms. The molecule has 1 unspecified atom stereocenters. The van der Waals surface area contributed by atoms with Gasteiger partial charge in [-0.3, -0.25) is 29.7 Å². The van der Waals surface area contributed by atoms with Gasteiger partial charge in [-0.1, -0.05) is 36.4 Å². The largest absolute Gasteiger partial charge is 0.494 e. The summed E-state index contributed by atoms with van der Waals surface area (Å²) in [6, 6.07) is 20.2. The first-order valence-corrected chi connectivity index (χ1v) is 11.8. The van der Waals surface area contributed by atoms with Gasteiger partial charge in [-0.05, 0) is 61.1 Å². The third-order valence-corrected chi connectivity index (χ3v) is 5.85. The van der Waals surface area contributed by atoms with Crippen LogP contribution >= 0.6 is 12.2 Å². The van der Waals surface area contributed by atoms with Crippen LogP contribution in [0.1, 0.15) is 29.4 Å². The van der Waals surface area contributed by atoms with Gasteiger partial charge in [-0.25, -0.2) is 5.01 Å². The van der Waals surface area contributed by atoms with Crippen molar-refractivity contribution in [2.45, 2.75) is 25.9 Å². The van der Waals surface area contributed by atoms with Crippen LogP contribution in [0, 0.1) is 0 Å². The lowest BCUT2D eigenvalue weighted by Gasteiger charge is -2.24. The minimum absolute atomic E-state index is 0.104. The molecule has 1 aliphatic rings. The molecule has 184 valence electrons. The van der Waals surface area contributed by atoms with Crippen molar-refractivity contribution in [2.24, 2.45) is 0 Å². The summed E-state index contributed by atoms with van der Waals surface area (Å²) in [6.45, 7) is 2.64. The molecule has 1 aromatic heterocycles. The Morgan fingerprint density at radius 2 is 1.75 bits per heavy atom. The number of thiocarbonyl (C=S) groups is 1. The molecule has 0 bridgehead atoms. The number of hydrogen-bond donors (Lipinski definition) is 2. The SMILES string of the molecule is CCOc1ccc(NC(=O)CC2C(=O)N(Cc3ccccc3)C(=S)N2NC(=O)c2ccccn2)cc1. The maximum atomic E-state index is 13.4. The van der Waals surface area contributed by atoms with E-state index in [-0.39, 0.29) is 29.7 Å². The summed E-state index contributed by atoms with van der Waals surface area (Å²) in [5.41, 5.74) is 4.24. The van der Waals surface area contributed by atoms with Gasteiger partial charge in [-0.2, -0.15) is 0 Å². The molecule has 0 radical (unpaired) electrons. The molecule has 1 aliphatic heterocycles. The van der Waals surface area contributed by atoms with Crippen LogP contribution in [-0.2, 0) is 16.1 Å². The fourth-order valence-corrected chi connectivity index (χ4v) is 4.04. The average molecular weight is 504 g/mol. The van der Waals surface area contributed by atoms with Crippen LogP contribution in [-0.4, -0.2) is 50.4 Å². The van der Waals surface area contributed by atoms with E-state index in [1.54, 1.807) is 42.5 Å². The lowest BCUT2D eigenvalue weighted by Crippen LogP contribution is -2.49. The summed E-state index contributed by atoms with van der Waals surface area (Å²) in [7, 11) is 0. The highest BCUT2D eigenvalue weighted by atomic mass is 32.1. The highest BCUT2D eigenvalue weighted by Crippen LogP contribution is 2.23. The van der Waals surface area contributed by atoms with E-state index < -0.39 is 17.9 Å². The van der Waals surface area contributed by atoms with Gasteiger partial charge < -0.3 is 10.1 Å². The molecule has 3 amide bonds. The molecular weight excluding hydrogens is 478 g/mol. The van der Waals surface area contributed by atoms with Crippen LogP contribution in [0.3, 0.4) is 0 Å². The molecule has 0 aliphatic carbocycles. The fourth-order valence-electron chi connectivity index (χ4n) is 3.72. The molecule has 0 spiro atoms. The molecule has 2 N–H and O–H groups in total. The highest BCUT2D eigenvalue weighted by Gasteiger charge is 2.44. The molecule has 9 nitrogen and oxygen atoms in total. The van der Waals surface area contributed by atoms with Crippen LogP contribution in [0.5, 0.6) is 5.75 Å². The topological polar surface area (TPSA) is 104 Å². The number of rotatable bonds is 9. The van der Waals surface area contributed by atoms with E-state index in [0.29, 0.717) is 18.0 Å². The smallest absolute Gasteiger partial charge is 0.288 e. The van der Waals surface area contributed by atoms with Gasteiger partial charge in [0.2, 0.25) is 5.91 Å². The molecule has 2 heterocycles. The Hall–Kier alpha value is -4.31. The molecule has 3 aromatic rings. The van der Waals surface area contributed by atoms with E-state index in [4.69, 9.17) is 17.0 Å². The first kappa shape index (κ1) is 24.8. The second-order valence-electron chi connectivity index (χ2n) is 7.94. The number of carbonyl (C=O) groups is 3. The number of pyridine rings is 1. The monoisotopic (exact) mass is 503 g/mol. The Bertz CT molecular complexity index is 1240. The molecule has 1 saturated heterocycles. The molecular formula is C26H25N5O4S. The van der Waals surface area contributed by atoms with Crippen LogP contribution in [0.25, 0.3) is 0 Å². The first-order chi connectivity index (χ1) is 17.5. The zero-order valence-electron chi connectivity index (χ0n) is 19.6.